The molecule has 0 unspecified atom stereocenters. The first kappa shape index (κ1) is 12.4. The fraction of sp³-hybridized carbons (Fsp3) is 0.583. The Morgan fingerprint density at radius 1 is 1.40 bits per heavy atom. The maximum Gasteiger partial charge on any atom is 0.163 e. The van der Waals surface area contributed by atoms with E-state index in [2.05, 4.69) is 19.0 Å². The molecule has 0 aliphatic carbocycles. The van der Waals surface area contributed by atoms with Crippen LogP contribution in [0.15, 0.2) is 11.4 Å². The van der Waals surface area contributed by atoms with E-state index in [9.17, 15) is 4.79 Å². The molecule has 0 radical (unpaired) electrons. The summed E-state index contributed by atoms with van der Waals surface area (Å²) in [5, 5.41) is 1.96. The number of carbonyl (C=O) groups is 1. The highest BCUT2D eigenvalue weighted by molar-refractivity contribution is 7.10. The number of thiophene rings is 1. The Hall–Kier alpha value is -0.670. The van der Waals surface area contributed by atoms with Crippen LogP contribution in [0, 0.1) is 6.92 Å². The molecule has 2 nitrogen and oxygen atoms in total. The highest BCUT2D eigenvalue weighted by atomic mass is 32.1. The number of unbranched alkanes of at least 4 members (excludes halogenated alkanes) is 1. The molecule has 0 spiro atoms. The Kier molecular flexibility index (Phi) is 4.99. The van der Waals surface area contributed by atoms with Gasteiger partial charge >= 0.3 is 0 Å². The van der Waals surface area contributed by atoms with E-state index in [1.165, 1.54) is 4.88 Å². The molecule has 1 rings (SSSR count). The minimum atomic E-state index is 0.290. The third-order valence-corrected chi connectivity index (χ3v) is 3.17. The fourth-order valence-electron chi connectivity index (χ4n) is 1.45. The average molecular weight is 225 g/mol. The van der Waals surface area contributed by atoms with Crippen LogP contribution in [-0.4, -0.2) is 31.3 Å². The first-order chi connectivity index (χ1) is 7.09. The van der Waals surface area contributed by atoms with Gasteiger partial charge in [-0.05, 0) is 46.5 Å². The first-order valence-electron chi connectivity index (χ1n) is 5.32. The van der Waals surface area contributed by atoms with Gasteiger partial charge in [0, 0.05) is 22.2 Å². The summed E-state index contributed by atoms with van der Waals surface area (Å²) in [4.78, 5) is 15.1. The van der Waals surface area contributed by atoms with Gasteiger partial charge in [-0.25, -0.2) is 0 Å². The van der Waals surface area contributed by atoms with Crippen LogP contribution in [0.1, 0.15) is 34.5 Å². The second-order valence-electron chi connectivity index (χ2n) is 4.13. The number of hydrogen-bond donors (Lipinski definition) is 0. The monoisotopic (exact) mass is 225 g/mol. The van der Waals surface area contributed by atoms with Crippen LogP contribution in [0.25, 0.3) is 0 Å². The lowest BCUT2D eigenvalue weighted by Gasteiger charge is -2.07. The van der Waals surface area contributed by atoms with Gasteiger partial charge in [0.15, 0.2) is 5.78 Å². The molecule has 84 valence electrons. The van der Waals surface area contributed by atoms with Crippen LogP contribution in [-0.2, 0) is 0 Å². The molecule has 3 heteroatoms. The van der Waals surface area contributed by atoms with Crippen LogP contribution >= 0.6 is 11.3 Å². The first-order valence-corrected chi connectivity index (χ1v) is 6.20. The van der Waals surface area contributed by atoms with Crippen molar-refractivity contribution in [2.24, 2.45) is 0 Å². The Bertz CT molecular complexity index is 317. The SMILES string of the molecule is Cc1cc(C(=O)CCCCN(C)C)cs1. The van der Waals surface area contributed by atoms with Crippen LogP contribution < -0.4 is 0 Å². The van der Waals surface area contributed by atoms with Crippen LogP contribution in [0.5, 0.6) is 0 Å². The van der Waals surface area contributed by atoms with Crippen molar-refractivity contribution in [1.82, 2.24) is 4.90 Å². The van der Waals surface area contributed by atoms with E-state index in [0.717, 1.165) is 24.9 Å². The summed E-state index contributed by atoms with van der Waals surface area (Å²) in [6.45, 7) is 3.10. The molecule has 15 heavy (non-hydrogen) atoms. The van der Waals surface area contributed by atoms with Crippen LogP contribution in [0.3, 0.4) is 0 Å². The van der Waals surface area contributed by atoms with E-state index >= 15 is 0 Å². The second-order valence-corrected chi connectivity index (χ2v) is 5.24. The zero-order valence-corrected chi connectivity index (χ0v) is 10.6. The normalized spacial score (nSPS) is 10.9. The number of ketones is 1. The zero-order chi connectivity index (χ0) is 11.3. The van der Waals surface area contributed by atoms with Crippen LogP contribution in [0.4, 0.5) is 0 Å². The van der Waals surface area contributed by atoms with Gasteiger partial charge in [0.05, 0.1) is 0 Å². The molecule has 0 aliphatic heterocycles. The van der Waals surface area contributed by atoms with Gasteiger partial charge in [0.25, 0.3) is 0 Å². The number of hydrogen-bond acceptors (Lipinski definition) is 3. The average Bonchev–Trinajstić information content (AvgIpc) is 2.59. The van der Waals surface area contributed by atoms with Crippen molar-refractivity contribution in [2.75, 3.05) is 20.6 Å². The number of carbonyl (C=O) groups excluding carboxylic acids is 1. The van der Waals surface area contributed by atoms with Crippen molar-refractivity contribution in [2.45, 2.75) is 26.2 Å². The molecule has 0 fully saturated rings. The third-order valence-electron chi connectivity index (χ3n) is 2.31. The van der Waals surface area contributed by atoms with E-state index in [-0.39, 0.29) is 5.78 Å². The lowest BCUT2D eigenvalue weighted by Crippen LogP contribution is -2.13. The number of rotatable bonds is 6. The summed E-state index contributed by atoms with van der Waals surface area (Å²) in [5.74, 6) is 0.290. The summed E-state index contributed by atoms with van der Waals surface area (Å²) >= 11 is 1.65. The Balaban J connectivity index is 2.25. The topological polar surface area (TPSA) is 20.3 Å². The summed E-state index contributed by atoms with van der Waals surface area (Å²) < 4.78 is 0. The Labute approximate surface area is 95.9 Å². The van der Waals surface area contributed by atoms with Crippen molar-refractivity contribution in [3.63, 3.8) is 0 Å². The molecule has 1 heterocycles. The predicted molar refractivity (Wildman–Crippen MR) is 65.8 cm³/mol. The molecular formula is C12H19NOS. The van der Waals surface area contributed by atoms with Gasteiger partial charge in [0.1, 0.15) is 0 Å². The van der Waals surface area contributed by atoms with Crippen LogP contribution in [0.2, 0.25) is 0 Å². The summed E-state index contributed by atoms with van der Waals surface area (Å²) in [6.07, 6.45) is 2.78. The van der Waals surface area contributed by atoms with Gasteiger partial charge in [-0.1, -0.05) is 0 Å². The molecule has 0 amide bonds. The smallest absolute Gasteiger partial charge is 0.163 e. The van der Waals surface area contributed by atoms with Crippen molar-refractivity contribution in [1.29, 1.82) is 0 Å². The van der Waals surface area contributed by atoms with Gasteiger partial charge in [0.2, 0.25) is 0 Å². The van der Waals surface area contributed by atoms with Gasteiger partial charge < -0.3 is 4.90 Å². The largest absolute Gasteiger partial charge is 0.309 e. The lowest BCUT2D eigenvalue weighted by atomic mass is 10.1. The quantitative estimate of drug-likeness (QED) is 0.548. The molecular weight excluding hydrogens is 206 g/mol. The highest BCUT2D eigenvalue weighted by Crippen LogP contribution is 2.15. The molecule has 0 aliphatic rings. The van der Waals surface area contributed by atoms with E-state index in [4.69, 9.17) is 0 Å². The summed E-state index contributed by atoms with van der Waals surface area (Å²) in [7, 11) is 4.12. The molecule has 1 aromatic rings. The molecule has 0 aromatic carbocycles. The van der Waals surface area contributed by atoms with Crippen molar-refractivity contribution in [3.8, 4) is 0 Å². The number of aryl methyl sites for hydroxylation is 1. The maximum atomic E-state index is 11.7. The minimum absolute atomic E-state index is 0.290. The lowest BCUT2D eigenvalue weighted by molar-refractivity contribution is 0.0979. The number of Topliss-reactive ketones (excluding diaryl/α,β-unsaturated/α-hetero) is 1. The predicted octanol–water partition coefficient (Wildman–Crippen LogP) is 2.97. The molecule has 1 aromatic heterocycles. The molecule has 0 bridgehead atoms. The molecule has 0 saturated carbocycles. The van der Waals surface area contributed by atoms with Gasteiger partial charge in [-0.2, -0.15) is 0 Å². The van der Waals surface area contributed by atoms with E-state index in [1.54, 1.807) is 11.3 Å². The standard InChI is InChI=1S/C12H19NOS/c1-10-8-11(9-15-10)12(14)6-4-5-7-13(2)3/h8-9H,4-7H2,1-3H3. The van der Waals surface area contributed by atoms with E-state index in [0.29, 0.717) is 6.42 Å². The van der Waals surface area contributed by atoms with E-state index in [1.807, 2.05) is 18.4 Å². The highest BCUT2D eigenvalue weighted by Gasteiger charge is 2.06. The zero-order valence-electron chi connectivity index (χ0n) is 9.75. The van der Waals surface area contributed by atoms with Crippen molar-refractivity contribution < 1.29 is 4.79 Å². The number of nitrogens with zero attached hydrogens (tertiary/aromatic N) is 1. The molecule has 0 atom stereocenters. The van der Waals surface area contributed by atoms with Gasteiger partial charge in [-0.3, -0.25) is 4.79 Å². The Morgan fingerprint density at radius 2 is 2.13 bits per heavy atom. The minimum Gasteiger partial charge on any atom is -0.309 e. The third kappa shape index (κ3) is 4.58. The fourth-order valence-corrected chi connectivity index (χ4v) is 2.15. The second kappa shape index (κ2) is 6.03. The molecule has 0 saturated heterocycles. The maximum absolute atomic E-state index is 11.7. The van der Waals surface area contributed by atoms with Crippen molar-refractivity contribution >= 4 is 17.1 Å². The van der Waals surface area contributed by atoms with E-state index < -0.39 is 0 Å². The van der Waals surface area contributed by atoms with Crippen molar-refractivity contribution in [3.05, 3.63) is 21.9 Å². The van der Waals surface area contributed by atoms with Gasteiger partial charge in [-0.15, -0.1) is 11.3 Å². The molecule has 0 N–H and O–H groups in total. The summed E-state index contributed by atoms with van der Waals surface area (Å²) in [5.41, 5.74) is 0.891. The summed E-state index contributed by atoms with van der Waals surface area (Å²) in [6, 6.07) is 1.99. The Morgan fingerprint density at radius 3 is 2.67 bits per heavy atom.